The molecule has 0 saturated carbocycles. The molecule has 1 aromatic carbocycles. The minimum Gasteiger partial charge on any atom is -0.236 e. The molecule has 114 valence electrons. The highest BCUT2D eigenvalue weighted by Crippen LogP contribution is 2.21. The molecule has 0 fully saturated rings. The van der Waals surface area contributed by atoms with Gasteiger partial charge in [-0.25, -0.2) is 22.7 Å². The molecule has 22 heavy (non-hydrogen) atoms. The predicted molar refractivity (Wildman–Crippen MR) is 81.8 cm³/mol. The summed E-state index contributed by atoms with van der Waals surface area (Å²) in [5.74, 6) is 1.27. The summed E-state index contributed by atoms with van der Waals surface area (Å²) in [6, 6.07) is 8.34. The fourth-order valence-corrected chi connectivity index (χ4v) is 3.01. The van der Waals surface area contributed by atoms with E-state index in [1.54, 1.807) is 41.0 Å². The van der Waals surface area contributed by atoms with E-state index in [1.165, 1.54) is 18.4 Å². The number of benzene rings is 1. The van der Waals surface area contributed by atoms with Gasteiger partial charge in [0, 0.05) is 31.9 Å². The van der Waals surface area contributed by atoms with Crippen LogP contribution < -0.4 is 0 Å². The Bertz CT molecular complexity index is 930. The van der Waals surface area contributed by atoms with E-state index in [4.69, 9.17) is 0 Å². The van der Waals surface area contributed by atoms with E-state index in [0.29, 0.717) is 17.3 Å². The maximum atomic E-state index is 12.1. The predicted octanol–water partition coefficient (Wildman–Crippen LogP) is 1.35. The first-order valence-corrected chi connectivity index (χ1v) is 8.05. The summed E-state index contributed by atoms with van der Waals surface area (Å²) >= 11 is 0. The summed E-state index contributed by atoms with van der Waals surface area (Å²) in [6.07, 6.45) is 1.66. The van der Waals surface area contributed by atoms with E-state index in [2.05, 4.69) is 15.1 Å². The van der Waals surface area contributed by atoms with Crippen LogP contribution in [0, 0.1) is 6.92 Å². The number of aryl methyl sites for hydroxylation is 1. The largest absolute Gasteiger partial charge is 0.242 e. The fraction of sp³-hybridized carbons (Fsp3) is 0.214. The highest BCUT2D eigenvalue weighted by molar-refractivity contribution is 7.89. The number of rotatable bonds is 3. The van der Waals surface area contributed by atoms with Crippen molar-refractivity contribution in [3.63, 3.8) is 0 Å². The molecule has 0 aliphatic rings. The second-order valence-corrected chi connectivity index (χ2v) is 7.16. The minimum absolute atomic E-state index is 0.239. The lowest BCUT2D eigenvalue weighted by Crippen LogP contribution is -2.22. The Hall–Kier alpha value is -2.32. The third-order valence-corrected chi connectivity index (χ3v) is 5.08. The number of fused-ring (bicyclic) bond motifs is 1. The number of hydrogen-bond acceptors (Lipinski definition) is 5. The van der Waals surface area contributed by atoms with Gasteiger partial charge < -0.3 is 0 Å². The molecule has 0 radical (unpaired) electrons. The van der Waals surface area contributed by atoms with Crippen molar-refractivity contribution in [2.45, 2.75) is 11.8 Å². The molecule has 0 bridgehead atoms. The van der Waals surface area contributed by atoms with Crippen molar-refractivity contribution >= 4 is 15.7 Å². The lowest BCUT2D eigenvalue weighted by atomic mass is 10.2. The zero-order chi connectivity index (χ0) is 15.9. The summed E-state index contributed by atoms with van der Waals surface area (Å²) in [6.45, 7) is 1.81. The standard InChI is InChI=1S/C14H15N5O2S/c1-10-16-13-8-9-15-14(19(13)17-10)11-4-6-12(7-5-11)22(20,21)18(2)3/h4-9H,1-3H3. The zero-order valence-corrected chi connectivity index (χ0v) is 13.2. The van der Waals surface area contributed by atoms with Gasteiger partial charge in [0.1, 0.15) is 5.82 Å². The van der Waals surface area contributed by atoms with Gasteiger partial charge in [0.15, 0.2) is 11.5 Å². The van der Waals surface area contributed by atoms with Gasteiger partial charge in [-0.2, -0.15) is 4.52 Å². The summed E-state index contributed by atoms with van der Waals surface area (Å²) in [4.78, 5) is 8.85. The molecule has 0 aliphatic carbocycles. The Balaban J connectivity index is 2.09. The van der Waals surface area contributed by atoms with Gasteiger partial charge in [-0.05, 0) is 31.2 Å². The fourth-order valence-electron chi connectivity index (χ4n) is 2.11. The molecular weight excluding hydrogens is 302 g/mol. The Labute approximate surface area is 128 Å². The Morgan fingerprint density at radius 2 is 1.77 bits per heavy atom. The summed E-state index contributed by atoms with van der Waals surface area (Å²) in [7, 11) is -0.429. The maximum Gasteiger partial charge on any atom is 0.242 e. The van der Waals surface area contributed by atoms with Crippen molar-refractivity contribution in [1.29, 1.82) is 0 Å². The van der Waals surface area contributed by atoms with Crippen LogP contribution in [0.4, 0.5) is 0 Å². The van der Waals surface area contributed by atoms with Gasteiger partial charge in [0.05, 0.1) is 4.90 Å². The normalized spacial score (nSPS) is 12.2. The smallest absolute Gasteiger partial charge is 0.236 e. The molecular formula is C14H15N5O2S. The Morgan fingerprint density at radius 3 is 2.41 bits per heavy atom. The highest BCUT2D eigenvalue weighted by Gasteiger charge is 2.17. The molecule has 7 nitrogen and oxygen atoms in total. The van der Waals surface area contributed by atoms with Crippen molar-refractivity contribution in [1.82, 2.24) is 23.9 Å². The number of sulfonamides is 1. The average Bonchev–Trinajstić information content (AvgIpc) is 2.87. The van der Waals surface area contributed by atoms with E-state index >= 15 is 0 Å². The van der Waals surface area contributed by atoms with Gasteiger partial charge in [-0.1, -0.05) is 0 Å². The molecule has 8 heteroatoms. The Kier molecular flexibility index (Phi) is 3.42. The van der Waals surface area contributed by atoms with Crippen LogP contribution >= 0.6 is 0 Å². The zero-order valence-electron chi connectivity index (χ0n) is 12.4. The number of aromatic nitrogens is 4. The first-order chi connectivity index (χ1) is 10.4. The van der Waals surface area contributed by atoms with Crippen molar-refractivity contribution in [2.75, 3.05) is 14.1 Å². The van der Waals surface area contributed by atoms with Crippen LogP contribution in [0.5, 0.6) is 0 Å². The first kappa shape index (κ1) is 14.6. The first-order valence-electron chi connectivity index (χ1n) is 6.61. The van der Waals surface area contributed by atoms with E-state index in [1.807, 2.05) is 6.92 Å². The van der Waals surface area contributed by atoms with Gasteiger partial charge in [-0.3, -0.25) is 0 Å². The average molecular weight is 317 g/mol. The second-order valence-electron chi connectivity index (χ2n) is 5.01. The molecule has 0 aliphatic heterocycles. The van der Waals surface area contributed by atoms with Crippen LogP contribution in [0.1, 0.15) is 5.82 Å². The van der Waals surface area contributed by atoms with Crippen LogP contribution in [0.2, 0.25) is 0 Å². The SMILES string of the molecule is Cc1nc2ccnc(-c3ccc(S(=O)(=O)N(C)C)cc3)n2n1. The topological polar surface area (TPSA) is 80.5 Å². The highest BCUT2D eigenvalue weighted by atomic mass is 32.2. The van der Waals surface area contributed by atoms with Crippen molar-refractivity contribution in [3.05, 3.63) is 42.4 Å². The molecule has 3 rings (SSSR count). The van der Waals surface area contributed by atoms with Gasteiger partial charge in [0.2, 0.25) is 10.0 Å². The van der Waals surface area contributed by atoms with E-state index in [-0.39, 0.29) is 4.90 Å². The monoisotopic (exact) mass is 317 g/mol. The van der Waals surface area contributed by atoms with Gasteiger partial charge in [-0.15, -0.1) is 5.10 Å². The third-order valence-electron chi connectivity index (χ3n) is 3.25. The molecule has 0 amide bonds. The second kappa shape index (κ2) is 5.15. The molecule has 3 aromatic rings. The molecule has 0 atom stereocenters. The Morgan fingerprint density at radius 1 is 1.09 bits per heavy atom. The molecule has 2 heterocycles. The quantitative estimate of drug-likeness (QED) is 0.728. The van der Waals surface area contributed by atoms with Crippen molar-refractivity contribution in [3.8, 4) is 11.4 Å². The summed E-state index contributed by atoms with van der Waals surface area (Å²) < 4.78 is 27.0. The third kappa shape index (κ3) is 2.36. The van der Waals surface area contributed by atoms with Crippen LogP contribution in [0.15, 0.2) is 41.4 Å². The lowest BCUT2D eigenvalue weighted by molar-refractivity contribution is 0.521. The molecule has 0 saturated heterocycles. The van der Waals surface area contributed by atoms with Crippen LogP contribution in [-0.4, -0.2) is 46.4 Å². The summed E-state index contributed by atoms with van der Waals surface area (Å²) in [5.41, 5.74) is 1.47. The van der Waals surface area contributed by atoms with Crippen LogP contribution in [0.25, 0.3) is 17.0 Å². The molecule has 0 spiro atoms. The van der Waals surface area contributed by atoms with Crippen molar-refractivity contribution < 1.29 is 8.42 Å². The van der Waals surface area contributed by atoms with E-state index < -0.39 is 10.0 Å². The van der Waals surface area contributed by atoms with E-state index in [9.17, 15) is 8.42 Å². The van der Waals surface area contributed by atoms with Gasteiger partial charge in [0.25, 0.3) is 0 Å². The van der Waals surface area contributed by atoms with Gasteiger partial charge >= 0.3 is 0 Å². The molecule has 0 unspecified atom stereocenters. The molecule has 0 N–H and O–H groups in total. The van der Waals surface area contributed by atoms with Crippen molar-refractivity contribution in [2.24, 2.45) is 0 Å². The molecule has 2 aromatic heterocycles. The minimum atomic E-state index is -3.44. The number of hydrogen-bond donors (Lipinski definition) is 0. The number of nitrogens with zero attached hydrogens (tertiary/aromatic N) is 5. The summed E-state index contributed by atoms with van der Waals surface area (Å²) in [5, 5.41) is 4.31. The van der Waals surface area contributed by atoms with E-state index in [0.717, 1.165) is 5.56 Å². The van der Waals surface area contributed by atoms with Crippen LogP contribution in [0.3, 0.4) is 0 Å². The maximum absolute atomic E-state index is 12.1. The lowest BCUT2D eigenvalue weighted by Gasteiger charge is -2.11. The van der Waals surface area contributed by atoms with Crippen LogP contribution in [-0.2, 0) is 10.0 Å².